The van der Waals surface area contributed by atoms with Gasteiger partial charge in [-0.15, -0.1) is 0 Å². The molecule has 2 nitrogen and oxygen atoms in total. The fraction of sp³-hybridized carbons (Fsp3) is 1.00. The Bertz CT molecular complexity index is 320. The van der Waals surface area contributed by atoms with E-state index in [9.17, 15) is 52.7 Å². The van der Waals surface area contributed by atoms with E-state index in [4.69, 9.17) is 10.2 Å². The topological polar surface area (TPSA) is 40.5 Å². The SMILES string of the molecule is OCC(C(F)(F)F)(C(F)(F)F)C(CO)(C(F)(F)F)C(F)(F)F. The zero-order chi connectivity index (χ0) is 18.4. The zero-order valence-corrected chi connectivity index (χ0v) is 9.84. The van der Waals surface area contributed by atoms with E-state index in [-0.39, 0.29) is 0 Å². The number of hydrogen-bond donors (Lipinski definition) is 2. The Hall–Kier alpha value is -0.920. The van der Waals surface area contributed by atoms with Gasteiger partial charge in [-0.2, -0.15) is 52.7 Å². The summed E-state index contributed by atoms with van der Waals surface area (Å²) < 4.78 is 151. The van der Waals surface area contributed by atoms with Gasteiger partial charge in [0.2, 0.25) is 10.8 Å². The summed E-state index contributed by atoms with van der Waals surface area (Å²) >= 11 is 0. The third kappa shape index (κ3) is 2.49. The second-order valence-corrected chi connectivity index (χ2v) is 4.12. The van der Waals surface area contributed by atoms with Crippen LogP contribution in [0.1, 0.15) is 0 Å². The van der Waals surface area contributed by atoms with Crippen molar-refractivity contribution in [2.24, 2.45) is 10.8 Å². The average Bonchev–Trinajstić information content (AvgIpc) is 2.17. The van der Waals surface area contributed by atoms with Gasteiger partial charge in [0.15, 0.2) is 0 Å². The molecule has 22 heavy (non-hydrogen) atoms. The van der Waals surface area contributed by atoms with E-state index >= 15 is 0 Å². The van der Waals surface area contributed by atoms with Gasteiger partial charge in [-0.3, -0.25) is 0 Å². The van der Waals surface area contributed by atoms with Crippen LogP contribution in [0.25, 0.3) is 0 Å². The normalized spacial score (nSPS) is 16.1. The minimum absolute atomic E-state index is 3.63. The van der Waals surface area contributed by atoms with E-state index in [0.717, 1.165) is 0 Å². The van der Waals surface area contributed by atoms with E-state index in [1.165, 1.54) is 0 Å². The predicted octanol–water partition coefficient (Wildman–Crippen LogP) is 3.19. The Labute approximate surface area is 113 Å². The van der Waals surface area contributed by atoms with Crippen LogP contribution in [0.5, 0.6) is 0 Å². The molecule has 0 aliphatic carbocycles. The number of rotatable bonds is 3. The van der Waals surface area contributed by atoms with Crippen molar-refractivity contribution < 1.29 is 62.9 Å². The molecule has 0 aromatic rings. The largest absolute Gasteiger partial charge is 0.406 e. The molecule has 0 aromatic heterocycles. The maximum atomic E-state index is 12.6. The van der Waals surface area contributed by atoms with E-state index in [2.05, 4.69) is 0 Å². The highest BCUT2D eigenvalue weighted by Crippen LogP contribution is 2.69. The van der Waals surface area contributed by atoms with E-state index in [1.807, 2.05) is 0 Å². The third-order valence-corrected chi connectivity index (χ3v) is 3.14. The lowest BCUT2D eigenvalue weighted by Crippen LogP contribution is -2.73. The number of aliphatic hydroxyl groups excluding tert-OH is 2. The highest BCUT2D eigenvalue weighted by Gasteiger charge is 2.92. The summed E-state index contributed by atoms with van der Waals surface area (Å²) in [6.45, 7) is -7.25. The molecule has 0 saturated carbocycles. The van der Waals surface area contributed by atoms with Gasteiger partial charge in [0.05, 0.1) is 13.2 Å². The Morgan fingerprint density at radius 3 is 0.591 bits per heavy atom. The summed E-state index contributed by atoms with van der Waals surface area (Å²) in [6.07, 6.45) is -28.9. The highest BCUT2D eigenvalue weighted by molar-refractivity contribution is 5.13. The van der Waals surface area contributed by atoms with Gasteiger partial charge in [0, 0.05) is 0 Å². The van der Waals surface area contributed by atoms with Crippen LogP contribution < -0.4 is 0 Å². The number of halogens is 12. The van der Waals surface area contributed by atoms with Gasteiger partial charge < -0.3 is 10.2 Å². The monoisotopic (exact) mass is 362 g/mol. The molecule has 0 rings (SSSR count). The van der Waals surface area contributed by atoms with Crippen LogP contribution in [-0.4, -0.2) is 48.1 Å². The van der Waals surface area contributed by atoms with E-state index in [1.54, 1.807) is 0 Å². The van der Waals surface area contributed by atoms with Crippen LogP contribution in [0.2, 0.25) is 0 Å². The third-order valence-electron chi connectivity index (χ3n) is 3.14. The van der Waals surface area contributed by atoms with Gasteiger partial charge >= 0.3 is 24.7 Å². The summed E-state index contributed by atoms with van der Waals surface area (Å²) in [5.74, 6) is 0. The first-order chi connectivity index (χ1) is 9.37. The molecule has 0 spiro atoms. The van der Waals surface area contributed by atoms with Gasteiger partial charge in [0.25, 0.3) is 0 Å². The van der Waals surface area contributed by atoms with Gasteiger partial charge in [-0.05, 0) is 0 Å². The molecule has 134 valence electrons. The first-order valence-corrected chi connectivity index (χ1v) is 4.86. The molecule has 2 N–H and O–H groups in total. The molecule has 0 atom stereocenters. The van der Waals surface area contributed by atoms with Crippen LogP contribution in [0, 0.1) is 10.8 Å². The molecule has 0 aromatic carbocycles. The van der Waals surface area contributed by atoms with Crippen LogP contribution in [0.15, 0.2) is 0 Å². The molecule has 0 amide bonds. The Balaban J connectivity index is 7.16. The van der Waals surface area contributed by atoms with Crippen molar-refractivity contribution in [1.82, 2.24) is 0 Å². The lowest BCUT2D eigenvalue weighted by Gasteiger charge is -2.50. The molecule has 0 aliphatic heterocycles. The molecule has 0 aliphatic rings. The minimum atomic E-state index is -7.23. The van der Waals surface area contributed by atoms with Crippen molar-refractivity contribution in [3.63, 3.8) is 0 Å². The standard InChI is InChI=1S/C8H6F12O2/c9-5(10,11)3(1-21,6(12,13)14)4(2-22,7(15,16)17)8(18,19)20/h21-22H,1-2H2. The van der Waals surface area contributed by atoms with Crippen molar-refractivity contribution in [2.45, 2.75) is 24.7 Å². The summed E-state index contributed by atoms with van der Waals surface area (Å²) in [6, 6.07) is 0. The summed E-state index contributed by atoms with van der Waals surface area (Å²) in [7, 11) is 0. The van der Waals surface area contributed by atoms with Crippen LogP contribution in [0.3, 0.4) is 0 Å². The first-order valence-electron chi connectivity index (χ1n) is 4.86. The summed E-state index contributed by atoms with van der Waals surface area (Å²) in [5.41, 5.74) is -13.4. The Kier molecular flexibility index (Phi) is 5.09. The number of aliphatic hydroxyl groups is 2. The molecule has 0 unspecified atom stereocenters. The first kappa shape index (κ1) is 21.1. The van der Waals surface area contributed by atoms with Gasteiger partial charge in [-0.1, -0.05) is 0 Å². The van der Waals surface area contributed by atoms with E-state index in [0.29, 0.717) is 0 Å². The number of hydrogen-bond acceptors (Lipinski definition) is 2. The second kappa shape index (κ2) is 5.32. The lowest BCUT2D eigenvalue weighted by molar-refractivity contribution is -0.480. The maximum Gasteiger partial charge on any atom is 0.406 e. The molecule has 0 radical (unpaired) electrons. The smallest absolute Gasteiger partial charge is 0.395 e. The highest BCUT2D eigenvalue weighted by atomic mass is 19.4. The lowest BCUT2D eigenvalue weighted by atomic mass is 9.61. The molecular weight excluding hydrogens is 356 g/mol. The molecule has 0 fully saturated rings. The molecular formula is C8H6F12O2. The van der Waals surface area contributed by atoms with Crippen molar-refractivity contribution in [3.8, 4) is 0 Å². The van der Waals surface area contributed by atoms with Crippen LogP contribution in [0.4, 0.5) is 52.7 Å². The fourth-order valence-corrected chi connectivity index (χ4v) is 1.92. The van der Waals surface area contributed by atoms with Crippen molar-refractivity contribution in [1.29, 1.82) is 0 Å². The van der Waals surface area contributed by atoms with Crippen LogP contribution in [-0.2, 0) is 0 Å². The maximum absolute atomic E-state index is 12.6. The Morgan fingerprint density at radius 1 is 0.409 bits per heavy atom. The quantitative estimate of drug-likeness (QED) is 0.758. The fourth-order valence-electron chi connectivity index (χ4n) is 1.92. The second-order valence-electron chi connectivity index (χ2n) is 4.12. The van der Waals surface area contributed by atoms with Crippen molar-refractivity contribution in [2.75, 3.05) is 13.2 Å². The number of alkyl halides is 12. The van der Waals surface area contributed by atoms with Gasteiger partial charge in [0.1, 0.15) is 0 Å². The molecule has 0 heterocycles. The summed E-state index contributed by atoms with van der Waals surface area (Å²) in [4.78, 5) is 0. The zero-order valence-electron chi connectivity index (χ0n) is 9.84. The van der Waals surface area contributed by atoms with E-state index < -0.39 is 48.7 Å². The molecule has 14 heteroatoms. The van der Waals surface area contributed by atoms with Crippen molar-refractivity contribution in [3.05, 3.63) is 0 Å². The predicted molar refractivity (Wildman–Crippen MR) is 43.3 cm³/mol. The van der Waals surface area contributed by atoms with Gasteiger partial charge in [-0.25, -0.2) is 0 Å². The Morgan fingerprint density at radius 2 is 0.545 bits per heavy atom. The molecule has 0 saturated heterocycles. The van der Waals surface area contributed by atoms with Crippen molar-refractivity contribution >= 4 is 0 Å². The average molecular weight is 362 g/mol. The van der Waals surface area contributed by atoms with Crippen LogP contribution >= 0.6 is 0 Å². The summed E-state index contributed by atoms with van der Waals surface area (Å²) in [5, 5.41) is 16.6. The molecule has 0 bridgehead atoms. The minimum Gasteiger partial charge on any atom is -0.395 e.